The van der Waals surface area contributed by atoms with E-state index in [0.29, 0.717) is 11.0 Å². The van der Waals surface area contributed by atoms with Crippen LogP contribution in [0.25, 0.3) is 0 Å². The van der Waals surface area contributed by atoms with Crippen molar-refractivity contribution in [3.63, 3.8) is 0 Å². The second-order valence-electron chi connectivity index (χ2n) is 3.85. The molecule has 0 aromatic carbocycles. The Kier molecular flexibility index (Phi) is 5.78. The van der Waals surface area contributed by atoms with Crippen LogP contribution in [0.1, 0.15) is 5.82 Å². The molecule has 0 aliphatic carbocycles. The first-order chi connectivity index (χ1) is 8.97. The molecular formula is C11H16ClN3O4. The van der Waals surface area contributed by atoms with Gasteiger partial charge in [0.25, 0.3) is 0 Å². The van der Waals surface area contributed by atoms with E-state index in [4.69, 9.17) is 11.6 Å². The number of hydrogen-bond donors (Lipinski definition) is 0. The molecule has 0 bridgehead atoms. The van der Waals surface area contributed by atoms with E-state index in [9.17, 15) is 9.59 Å². The molecule has 106 valence electrons. The maximum Gasteiger partial charge on any atom is 0.319 e. The number of nitrogens with zero attached hydrogens (tertiary/aromatic N) is 3. The van der Waals surface area contributed by atoms with Crippen molar-refractivity contribution in [1.29, 1.82) is 0 Å². The highest BCUT2D eigenvalue weighted by atomic mass is 35.5. The highest BCUT2D eigenvalue weighted by molar-refractivity contribution is 6.29. The van der Waals surface area contributed by atoms with Gasteiger partial charge >= 0.3 is 11.9 Å². The lowest BCUT2D eigenvalue weighted by atomic mass is 10.4. The molecule has 1 rings (SSSR count). The molecule has 0 N–H and O–H groups in total. The van der Waals surface area contributed by atoms with E-state index in [0.717, 1.165) is 0 Å². The zero-order valence-corrected chi connectivity index (χ0v) is 11.8. The maximum absolute atomic E-state index is 11.3. The number of carbonyl (C=O) groups is 2. The summed E-state index contributed by atoms with van der Waals surface area (Å²) >= 11 is 5.88. The van der Waals surface area contributed by atoms with Gasteiger partial charge in [0.1, 0.15) is 11.0 Å². The molecule has 1 aromatic rings. The molecule has 8 heteroatoms. The van der Waals surface area contributed by atoms with E-state index in [1.165, 1.54) is 20.4 Å². The van der Waals surface area contributed by atoms with Crippen LogP contribution < -0.4 is 0 Å². The lowest BCUT2D eigenvalue weighted by Gasteiger charge is -2.19. The highest BCUT2D eigenvalue weighted by Crippen LogP contribution is 2.11. The number of esters is 2. The fraction of sp³-hybridized carbons (Fsp3) is 0.545. The Morgan fingerprint density at radius 3 is 2.21 bits per heavy atom. The van der Waals surface area contributed by atoms with Crippen LogP contribution in [-0.4, -0.2) is 53.7 Å². The lowest BCUT2D eigenvalue weighted by molar-refractivity contribution is -0.145. The molecular weight excluding hydrogens is 274 g/mol. The lowest BCUT2D eigenvalue weighted by Crippen LogP contribution is -2.35. The Balaban J connectivity index is 2.75. The van der Waals surface area contributed by atoms with Gasteiger partial charge in [-0.25, -0.2) is 4.98 Å². The quantitative estimate of drug-likeness (QED) is 0.698. The van der Waals surface area contributed by atoms with Crippen LogP contribution in [0.4, 0.5) is 0 Å². The van der Waals surface area contributed by atoms with Crippen molar-refractivity contribution in [3.8, 4) is 0 Å². The van der Waals surface area contributed by atoms with Gasteiger partial charge in [-0.1, -0.05) is 11.6 Å². The Morgan fingerprint density at radius 2 is 1.84 bits per heavy atom. The fourth-order valence-corrected chi connectivity index (χ4v) is 1.58. The van der Waals surface area contributed by atoms with Gasteiger partial charge in [-0.05, 0) is 0 Å². The van der Waals surface area contributed by atoms with Crippen LogP contribution in [0.2, 0.25) is 5.15 Å². The summed E-state index contributed by atoms with van der Waals surface area (Å²) in [6.07, 6.45) is 1.51. The van der Waals surface area contributed by atoms with Gasteiger partial charge in [-0.2, -0.15) is 0 Å². The SMILES string of the molecule is COC(=O)CN(CC(=O)OC)Cc1ncc(Cl)n1C. The second-order valence-corrected chi connectivity index (χ2v) is 4.24. The van der Waals surface area contributed by atoms with Crippen molar-refractivity contribution >= 4 is 23.5 Å². The van der Waals surface area contributed by atoms with E-state index in [2.05, 4.69) is 14.5 Å². The van der Waals surface area contributed by atoms with Gasteiger partial charge < -0.3 is 14.0 Å². The molecule has 0 fully saturated rings. The standard InChI is InChI=1S/C11H16ClN3O4/c1-14-8(12)4-13-9(14)5-15(6-10(16)18-2)7-11(17)19-3/h4H,5-7H2,1-3H3. The maximum atomic E-state index is 11.3. The van der Waals surface area contributed by atoms with Crippen LogP contribution in [0.15, 0.2) is 6.20 Å². The largest absolute Gasteiger partial charge is 0.468 e. The minimum Gasteiger partial charge on any atom is -0.468 e. The number of methoxy groups -OCH3 is 2. The number of ether oxygens (including phenoxy) is 2. The van der Waals surface area contributed by atoms with Crippen LogP contribution in [0.3, 0.4) is 0 Å². The highest BCUT2D eigenvalue weighted by Gasteiger charge is 2.18. The molecule has 0 radical (unpaired) electrons. The molecule has 0 unspecified atom stereocenters. The van der Waals surface area contributed by atoms with Crippen molar-refractivity contribution < 1.29 is 19.1 Å². The summed E-state index contributed by atoms with van der Waals surface area (Å²) < 4.78 is 10.8. The summed E-state index contributed by atoms with van der Waals surface area (Å²) in [7, 11) is 4.33. The van der Waals surface area contributed by atoms with E-state index in [-0.39, 0.29) is 19.6 Å². The topological polar surface area (TPSA) is 73.7 Å². The number of aromatic nitrogens is 2. The van der Waals surface area contributed by atoms with Crippen LogP contribution in [-0.2, 0) is 32.7 Å². The third-order valence-corrected chi connectivity index (χ3v) is 2.90. The zero-order chi connectivity index (χ0) is 14.4. The van der Waals surface area contributed by atoms with Gasteiger partial charge in [0.15, 0.2) is 0 Å². The summed E-state index contributed by atoms with van der Waals surface area (Å²) in [6.45, 7) is 0.222. The normalized spacial score (nSPS) is 10.6. The molecule has 0 aliphatic rings. The summed E-state index contributed by atoms with van der Waals surface area (Å²) in [5.41, 5.74) is 0. The third kappa shape index (κ3) is 4.53. The van der Waals surface area contributed by atoms with Gasteiger partial charge in [0.2, 0.25) is 0 Å². The van der Waals surface area contributed by atoms with E-state index in [1.807, 2.05) is 0 Å². The molecule has 7 nitrogen and oxygen atoms in total. The van der Waals surface area contributed by atoms with Gasteiger partial charge in [0.05, 0.1) is 40.1 Å². The molecule has 0 amide bonds. The predicted molar refractivity (Wildman–Crippen MR) is 67.5 cm³/mol. The molecule has 0 saturated carbocycles. The summed E-state index contributed by atoms with van der Waals surface area (Å²) in [5, 5.41) is 0.478. The van der Waals surface area contributed by atoms with Gasteiger partial charge in [-0.3, -0.25) is 14.5 Å². The van der Waals surface area contributed by atoms with Gasteiger partial charge in [0, 0.05) is 7.05 Å². The Labute approximate surface area is 116 Å². The van der Waals surface area contributed by atoms with Crippen molar-refractivity contribution in [2.75, 3.05) is 27.3 Å². The minimum atomic E-state index is -0.441. The predicted octanol–water partition coefficient (Wildman–Crippen LogP) is 0.222. The zero-order valence-electron chi connectivity index (χ0n) is 11.1. The number of hydrogen-bond acceptors (Lipinski definition) is 6. The van der Waals surface area contributed by atoms with E-state index in [1.54, 1.807) is 16.5 Å². The average molecular weight is 290 g/mol. The first-order valence-corrected chi connectivity index (χ1v) is 5.87. The smallest absolute Gasteiger partial charge is 0.319 e. The molecule has 1 heterocycles. The number of carbonyl (C=O) groups excluding carboxylic acids is 2. The molecule has 1 aromatic heterocycles. The molecule has 0 spiro atoms. The average Bonchev–Trinajstić information content (AvgIpc) is 2.70. The molecule has 0 aliphatic heterocycles. The van der Waals surface area contributed by atoms with Crippen LogP contribution in [0, 0.1) is 0 Å². The number of rotatable bonds is 6. The minimum absolute atomic E-state index is 0.0317. The van der Waals surface area contributed by atoms with E-state index >= 15 is 0 Å². The first kappa shape index (κ1) is 15.5. The van der Waals surface area contributed by atoms with Crippen molar-refractivity contribution in [3.05, 3.63) is 17.2 Å². The Hall–Kier alpha value is -1.60. The van der Waals surface area contributed by atoms with Crippen molar-refractivity contribution in [2.24, 2.45) is 7.05 Å². The molecule has 19 heavy (non-hydrogen) atoms. The summed E-state index contributed by atoms with van der Waals surface area (Å²) in [5.74, 6) is -0.244. The monoisotopic (exact) mass is 289 g/mol. The Bertz CT molecular complexity index is 443. The van der Waals surface area contributed by atoms with Crippen LogP contribution >= 0.6 is 11.6 Å². The van der Waals surface area contributed by atoms with Crippen molar-refractivity contribution in [1.82, 2.24) is 14.5 Å². The second kappa shape index (κ2) is 7.10. The third-order valence-electron chi connectivity index (χ3n) is 2.55. The Morgan fingerprint density at radius 1 is 1.32 bits per heavy atom. The summed E-state index contributed by atoms with van der Waals surface area (Å²) in [6, 6.07) is 0. The number of halogens is 1. The van der Waals surface area contributed by atoms with Crippen LogP contribution in [0.5, 0.6) is 0 Å². The molecule has 0 saturated heterocycles. The first-order valence-electron chi connectivity index (χ1n) is 5.50. The van der Waals surface area contributed by atoms with Gasteiger partial charge in [-0.15, -0.1) is 0 Å². The molecule has 0 atom stereocenters. The van der Waals surface area contributed by atoms with Crippen molar-refractivity contribution in [2.45, 2.75) is 6.54 Å². The number of imidazole rings is 1. The van der Waals surface area contributed by atoms with E-state index < -0.39 is 11.9 Å². The fourth-order valence-electron chi connectivity index (χ4n) is 1.43. The summed E-state index contributed by atoms with van der Waals surface area (Å²) in [4.78, 5) is 28.3.